The molecule has 2 aliphatic heterocycles. The summed E-state index contributed by atoms with van der Waals surface area (Å²) in [5, 5.41) is 0. The van der Waals surface area contributed by atoms with Crippen molar-refractivity contribution in [1.29, 1.82) is 0 Å². The predicted octanol–water partition coefficient (Wildman–Crippen LogP) is 1.91. The molecule has 2 heterocycles. The molecule has 3 rings (SSSR count). The normalized spacial score (nSPS) is 22.9. The Hall–Kier alpha value is -1.51. The molecule has 1 amide bonds. The van der Waals surface area contributed by atoms with Crippen molar-refractivity contribution in [3.05, 3.63) is 29.3 Å². The first-order valence-corrected chi connectivity index (χ1v) is 5.76. The van der Waals surface area contributed by atoms with Crippen LogP contribution < -0.4 is 4.74 Å². The van der Waals surface area contributed by atoms with Crippen LogP contribution in [0.1, 0.15) is 30.0 Å². The monoisotopic (exact) mass is 217 g/mol. The number of benzene rings is 1. The van der Waals surface area contributed by atoms with E-state index in [0.29, 0.717) is 18.4 Å². The van der Waals surface area contributed by atoms with Crippen molar-refractivity contribution < 1.29 is 9.53 Å². The van der Waals surface area contributed by atoms with Gasteiger partial charge in [0.15, 0.2) is 0 Å². The van der Waals surface area contributed by atoms with Gasteiger partial charge in [-0.1, -0.05) is 6.07 Å². The molecule has 1 saturated heterocycles. The summed E-state index contributed by atoms with van der Waals surface area (Å²) in [7, 11) is 1.68. The van der Waals surface area contributed by atoms with Crippen LogP contribution in [0.15, 0.2) is 18.2 Å². The number of carbonyl (C=O) groups excluding carboxylic acids is 1. The summed E-state index contributed by atoms with van der Waals surface area (Å²) in [5.41, 5.74) is 2.66. The third-order valence-electron chi connectivity index (χ3n) is 3.66. The molecule has 0 saturated carbocycles. The maximum Gasteiger partial charge on any atom is 0.223 e. The number of methoxy groups -OCH3 is 1. The van der Waals surface area contributed by atoms with E-state index in [1.54, 1.807) is 7.11 Å². The Bertz CT molecular complexity index is 442. The lowest BCUT2D eigenvalue weighted by molar-refractivity contribution is -0.129. The lowest BCUT2D eigenvalue weighted by Crippen LogP contribution is -2.34. The molecule has 1 aromatic rings. The van der Waals surface area contributed by atoms with Crippen molar-refractivity contribution in [2.75, 3.05) is 13.7 Å². The Morgan fingerprint density at radius 2 is 2.25 bits per heavy atom. The summed E-state index contributed by atoms with van der Waals surface area (Å²) in [5.74, 6) is 1.19. The van der Waals surface area contributed by atoms with E-state index in [1.807, 2.05) is 11.0 Å². The molecule has 0 aliphatic carbocycles. The fourth-order valence-electron chi connectivity index (χ4n) is 2.82. The van der Waals surface area contributed by atoms with Crippen LogP contribution >= 0.6 is 0 Å². The summed E-state index contributed by atoms with van der Waals surface area (Å²) in [6.45, 7) is 0.878. The van der Waals surface area contributed by atoms with E-state index in [4.69, 9.17) is 4.74 Å². The second-order valence-electron chi connectivity index (χ2n) is 4.46. The van der Waals surface area contributed by atoms with Crippen molar-refractivity contribution >= 4 is 5.91 Å². The number of rotatable bonds is 1. The highest BCUT2D eigenvalue weighted by Crippen LogP contribution is 2.39. The second-order valence-corrected chi connectivity index (χ2v) is 4.46. The second kappa shape index (κ2) is 3.51. The minimum Gasteiger partial charge on any atom is -0.497 e. The molecular weight excluding hydrogens is 202 g/mol. The van der Waals surface area contributed by atoms with Gasteiger partial charge in [-0.25, -0.2) is 0 Å². The number of hydrogen-bond donors (Lipinski definition) is 0. The van der Waals surface area contributed by atoms with Gasteiger partial charge in [0, 0.05) is 13.0 Å². The van der Waals surface area contributed by atoms with E-state index in [0.717, 1.165) is 25.1 Å². The molecule has 1 aromatic carbocycles. The van der Waals surface area contributed by atoms with Gasteiger partial charge in [0.05, 0.1) is 13.2 Å². The van der Waals surface area contributed by atoms with Crippen LogP contribution in [-0.2, 0) is 11.2 Å². The van der Waals surface area contributed by atoms with Gasteiger partial charge in [-0.3, -0.25) is 4.79 Å². The predicted molar refractivity (Wildman–Crippen MR) is 60.4 cm³/mol. The maximum atomic E-state index is 11.7. The number of hydrogen-bond acceptors (Lipinski definition) is 2. The fraction of sp³-hybridized carbons (Fsp3) is 0.462. The molecule has 0 radical (unpaired) electrons. The highest BCUT2D eigenvalue weighted by Gasteiger charge is 2.35. The van der Waals surface area contributed by atoms with Crippen molar-refractivity contribution in [2.24, 2.45) is 0 Å². The largest absolute Gasteiger partial charge is 0.497 e. The zero-order valence-corrected chi connectivity index (χ0v) is 9.40. The van der Waals surface area contributed by atoms with Crippen molar-refractivity contribution in [3.63, 3.8) is 0 Å². The SMILES string of the molecule is COc1ccc2c(c1)C1CCC(=O)N1CC2. The molecule has 0 bridgehead atoms. The average Bonchev–Trinajstić information content (AvgIpc) is 2.71. The standard InChI is InChI=1S/C13H15NO2/c1-16-10-3-2-9-6-7-14-12(11(9)8-10)4-5-13(14)15/h2-3,8,12H,4-7H2,1H3. The zero-order chi connectivity index (χ0) is 11.1. The summed E-state index contributed by atoms with van der Waals surface area (Å²) in [6.07, 6.45) is 2.63. The first-order valence-electron chi connectivity index (χ1n) is 5.76. The Morgan fingerprint density at radius 3 is 3.06 bits per heavy atom. The van der Waals surface area contributed by atoms with Crippen LogP contribution in [0.3, 0.4) is 0 Å². The van der Waals surface area contributed by atoms with Crippen LogP contribution in [0.2, 0.25) is 0 Å². The molecular formula is C13H15NO2. The lowest BCUT2D eigenvalue weighted by atomic mass is 9.92. The van der Waals surface area contributed by atoms with Gasteiger partial charge < -0.3 is 9.64 Å². The smallest absolute Gasteiger partial charge is 0.223 e. The summed E-state index contributed by atoms with van der Waals surface area (Å²) >= 11 is 0. The highest BCUT2D eigenvalue weighted by atomic mass is 16.5. The van der Waals surface area contributed by atoms with Gasteiger partial charge in [0.2, 0.25) is 5.91 Å². The zero-order valence-electron chi connectivity index (χ0n) is 9.40. The van der Waals surface area contributed by atoms with Gasteiger partial charge in [-0.15, -0.1) is 0 Å². The molecule has 16 heavy (non-hydrogen) atoms. The number of fused-ring (bicyclic) bond motifs is 3. The van der Waals surface area contributed by atoms with E-state index < -0.39 is 0 Å². The quantitative estimate of drug-likeness (QED) is 0.719. The first kappa shape index (κ1) is 9.70. The molecule has 1 fully saturated rings. The first-order chi connectivity index (χ1) is 7.79. The summed E-state index contributed by atoms with van der Waals surface area (Å²) in [4.78, 5) is 13.7. The minimum atomic E-state index is 0.298. The van der Waals surface area contributed by atoms with E-state index in [9.17, 15) is 4.79 Å². The summed E-state index contributed by atoms with van der Waals surface area (Å²) in [6, 6.07) is 6.52. The molecule has 0 aromatic heterocycles. The van der Waals surface area contributed by atoms with Crippen LogP contribution in [0.25, 0.3) is 0 Å². The molecule has 3 heteroatoms. The van der Waals surface area contributed by atoms with E-state index in [2.05, 4.69) is 12.1 Å². The van der Waals surface area contributed by atoms with Gasteiger partial charge >= 0.3 is 0 Å². The lowest BCUT2D eigenvalue weighted by Gasteiger charge is -2.32. The molecule has 0 N–H and O–H groups in total. The molecule has 84 valence electrons. The Morgan fingerprint density at radius 1 is 1.38 bits per heavy atom. The Balaban J connectivity index is 2.04. The Kier molecular flexibility index (Phi) is 2.13. The van der Waals surface area contributed by atoms with Gasteiger partial charge in [-0.2, -0.15) is 0 Å². The number of nitrogens with zero attached hydrogens (tertiary/aromatic N) is 1. The van der Waals surface area contributed by atoms with Crippen molar-refractivity contribution in [1.82, 2.24) is 4.90 Å². The third-order valence-corrected chi connectivity index (χ3v) is 3.66. The van der Waals surface area contributed by atoms with E-state index >= 15 is 0 Å². The van der Waals surface area contributed by atoms with Gasteiger partial charge in [-0.05, 0) is 36.1 Å². The number of carbonyl (C=O) groups is 1. The minimum absolute atomic E-state index is 0.298. The topological polar surface area (TPSA) is 29.5 Å². The van der Waals surface area contributed by atoms with Crippen molar-refractivity contribution in [2.45, 2.75) is 25.3 Å². The van der Waals surface area contributed by atoms with Gasteiger partial charge in [0.25, 0.3) is 0 Å². The third kappa shape index (κ3) is 1.31. The highest BCUT2D eigenvalue weighted by molar-refractivity contribution is 5.79. The Labute approximate surface area is 95.0 Å². The number of ether oxygens (including phenoxy) is 1. The van der Waals surface area contributed by atoms with Crippen molar-refractivity contribution in [3.8, 4) is 5.75 Å². The molecule has 0 spiro atoms. The van der Waals surface area contributed by atoms with Crippen LogP contribution in [0.5, 0.6) is 5.75 Å². The molecule has 1 unspecified atom stereocenters. The summed E-state index contributed by atoms with van der Waals surface area (Å²) < 4.78 is 5.25. The molecule has 1 atom stereocenters. The fourth-order valence-corrected chi connectivity index (χ4v) is 2.82. The maximum absolute atomic E-state index is 11.7. The van der Waals surface area contributed by atoms with Crippen LogP contribution in [0.4, 0.5) is 0 Å². The van der Waals surface area contributed by atoms with E-state index in [1.165, 1.54) is 11.1 Å². The van der Waals surface area contributed by atoms with E-state index in [-0.39, 0.29) is 0 Å². The number of amides is 1. The average molecular weight is 217 g/mol. The van der Waals surface area contributed by atoms with Gasteiger partial charge in [0.1, 0.15) is 5.75 Å². The van der Waals surface area contributed by atoms with Crippen LogP contribution in [-0.4, -0.2) is 24.5 Å². The molecule has 2 aliphatic rings. The molecule has 3 nitrogen and oxygen atoms in total. The van der Waals surface area contributed by atoms with Crippen LogP contribution in [0, 0.1) is 0 Å².